The van der Waals surface area contributed by atoms with Crippen LogP contribution in [-0.2, 0) is 6.54 Å². The summed E-state index contributed by atoms with van der Waals surface area (Å²) in [4.78, 5) is 0. The lowest BCUT2D eigenvalue weighted by molar-refractivity contribution is 0.318. The Balaban J connectivity index is 2.10. The first-order valence-corrected chi connectivity index (χ1v) is 7.08. The molecule has 4 N–H and O–H groups in total. The van der Waals surface area contributed by atoms with Crippen molar-refractivity contribution in [1.29, 1.82) is 0 Å². The van der Waals surface area contributed by atoms with Crippen molar-refractivity contribution in [1.82, 2.24) is 5.32 Å². The van der Waals surface area contributed by atoms with Gasteiger partial charge in [0.15, 0.2) is 5.84 Å². The predicted octanol–water partition coefficient (Wildman–Crippen LogP) is 2.83. The first-order valence-electron chi connectivity index (χ1n) is 6.14. The van der Waals surface area contributed by atoms with Crippen LogP contribution in [0.3, 0.4) is 0 Å². The van der Waals surface area contributed by atoms with E-state index in [0.717, 1.165) is 0 Å². The van der Waals surface area contributed by atoms with E-state index in [-0.39, 0.29) is 17.4 Å². The number of halogens is 1. The van der Waals surface area contributed by atoms with Crippen LogP contribution in [0.15, 0.2) is 40.2 Å². The highest BCUT2D eigenvalue weighted by molar-refractivity contribution is 7.07. The molecule has 0 fully saturated rings. The van der Waals surface area contributed by atoms with Crippen LogP contribution in [0.1, 0.15) is 29.7 Å². The van der Waals surface area contributed by atoms with Gasteiger partial charge in [-0.2, -0.15) is 11.3 Å². The summed E-state index contributed by atoms with van der Waals surface area (Å²) < 4.78 is 14.2. The van der Waals surface area contributed by atoms with Crippen molar-refractivity contribution >= 4 is 17.2 Å². The fraction of sp³-hybridized carbons (Fsp3) is 0.214. The third-order valence-electron chi connectivity index (χ3n) is 3.10. The van der Waals surface area contributed by atoms with Crippen LogP contribution in [0.4, 0.5) is 4.39 Å². The monoisotopic (exact) mass is 293 g/mol. The Labute approximate surface area is 120 Å². The lowest BCUT2D eigenvalue weighted by Gasteiger charge is -2.14. The molecule has 20 heavy (non-hydrogen) atoms. The third-order valence-corrected chi connectivity index (χ3v) is 3.81. The van der Waals surface area contributed by atoms with Crippen LogP contribution >= 0.6 is 11.3 Å². The fourth-order valence-corrected chi connectivity index (χ4v) is 2.62. The van der Waals surface area contributed by atoms with Gasteiger partial charge in [0, 0.05) is 18.2 Å². The van der Waals surface area contributed by atoms with E-state index in [1.54, 1.807) is 23.5 Å². The molecule has 1 heterocycles. The fourth-order valence-electron chi connectivity index (χ4n) is 1.87. The van der Waals surface area contributed by atoms with Crippen molar-refractivity contribution < 1.29 is 9.60 Å². The molecular weight excluding hydrogens is 277 g/mol. The lowest BCUT2D eigenvalue weighted by Crippen LogP contribution is -2.20. The highest BCUT2D eigenvalue weighted by atomic mass is 32.1. The first kappa shape index (κ1) is 14.5. The minimum absolute atomic E-state index is 0.106. The first-order chi connectivity index (χ1) is 9.63. The molecule has 0 aliphatic carbocycles. The van der Waals surface area contributed by atoms with Gasteiger partial charge in [0.2, 0.25) is 0 Å². The molecule has 1 unspecified atom stereocenters. The van der Waals surface area contributed by atoms with Crippen LogP contribution in [0.25, 0.3) is 0 Å². The molecule has 0 aliphatic heterocycles. The molecule has 0 bridgehead atoms. The van der Waals surface area contributed by atoms with Gasteiger partial charge < -0.3 is 16.3 Å². The molecule has 0 aliphatic rings. The Hall–Kier alpha value is -1.92. The summed E-state index contributed by atoms with van der Waals surface area (Å²) in [7, 11) is 0. The smallest absolute Gasteiger partial charge is 0.173 e. The molecule has 0 radical (unpaired) electrons. The Bertz CT molecular complexity index is 598. The van der Waals surface area contributed by atoms with Crippen molar-refractivity contribution in [3.8, 4) is 0 Å². The number of amidine groups is 1. The summed E-state index contributed by atoms with van der Waals surface area (Å²) in [6.07, 6.45) is 0. The van der Waals surface area contributed by atoms with Crippen LogP contribution in [0.2, 0.25) is 0 Å². The number of nitrogens with zero attached hydrogens (tertiary/aromatic N) is 1. The standard InChI is InChI=1S/C14H16FN3OS/c1-9(11-5-6-20-8-11)17-7-10-3-2-4-12(13(10)15)14(16)18-19/h2-6,8-9,17,19H,7H2,1H3,(H2,16,18). The molecule has 2 rings (SSSR count). The van der Waals surface area contributed by atoms with Gasteiger partial charge in [0.05, 0.1) is 5.56 Å². The number of benzene rings is 1. The maximum atomic E-state index is 14.2. The van der Waals surface area contributed by atoms with E-state index in [2.05, 4.69) is 15.9 Å². The average Bonchev–Trinajstić information content (AvgIpc) is 2.99. The Morgan fingerprint density at radius 1 is 1.50 bits per heavy atom. The van der Waals surface area contributed by atoms with Gasteiger partial charge in [-0.3, -0.25) is 0 Å². The van der Waals surface area contributed by atoms with Crippen molar-refractivity contribution in [2.24, 2.45) is 10.9 Å². The number of hydrogen-bond donors (Lipinski definition) is 3. The zero-order chi connectivity index (χ0) is 14.5. The normalized spacial score (nSPS) is 13.4. The molecule has 0 amide bonds. The van der Waals surface area contributed by atoms with E-state index in [1.165, 1.54) is 11.6 Å². The topological polar surface area (TPSA) is 70.6 Å². The molecule has 0 saturated heterocycles. The SMILES string of the molecule is CC(NCc1cccc(/C(N)=N/O)c1F)c1ccsc1. The maximum Gasteiger partial charge on any atom is 0.173 e. The van der Waals surface area contributed by atoms with Gasteiger partial charge in [-0.25, -0.2) is 4.39 Å². The molecule has 1 aromatic carbocycles. The van der Waals surface area contributed by atoms with Gasteiger partial charge in [-0.15, -0.1) is 0 Å². The molecule has 2 aromatic rings. The number of nitrogens with one attached hydrogen (secondary N) is 1. The number of oxime groups is 1. The molecule has 106 valence electrons. The van der Waals surface area contributed by atoms with Crippen LogP contribution in [0, 0.1) is 5.82 Å². The van der Waals surface area contributed by atoms with E-state index >= 15 is 0 Å². The van der Waals surface area contributed by atoms with Crippen molar-refractivity contribution in [2.45, 2.75) is 19.5 Å². The highest BCUT2D eigenvalue weighted by Gasteiger charge is 2.12. The molecule has 0 saturated carbocycles. The molecular formula is C14H16FN3OS. The summed E-state index contributed by atoms with van der Waals surface area (Å²) in [5, 5.41) is 18.8. The van der Waals surface area contributed by atoms with E-state index < -0.39 is 5.82 Å². The molecule has 6 heteroatoms. The highest BCUT2D eigenvalue weighted by Crippen LogP contribution is 2.18. The van der Waals surface area contributed by atoms with E-state index in [0.29, 0.717) is 12.1 Å². The average molecular weight is 293 g/mol. The number of rotatable bonds is 5. The number of nitrogens with two attached hydrogens (primary N) is 1. The summed E-state index contributed by atoms with van der Waals surface area (Å²) in [6, 6.07) is 7.01. The molecule has 4 nitrogen and oxygen atoms in total. The van der Waals surface area contributed by atoms with E-state index in [9.17, 15) is 4.39 Å². The Morgan fingerprint density at radius 3 is 2.95 bits per heavy atom. The number of thiophene rings is 1. The minimum Gasteiger partial charge on any atom is -0.409 e. The largest absolute Gasteiger partial charge is 0.409 e. The second kappa shape index (κ2) is 6.49. The summed E-state index contributed by atoms with van der Waals surface area (Å²) in [6.45, 7) is 2.39. The van der Waals surface area contributed by atoms with Gasteiger partial charge in [0.1, 0.15) is 5.82 Å². The van der Waals surface area contributed by atoms with Crippen LogP contribution < -0.4 is 11.1 Å². The van der Waals surface area contributed by atoms with Crippen molar-refractivity contribution in [3.05, 3.63) is 57.5 Å². The zero-order valence-corrected chi connectivity index (χ0v) is 11.8. The summed E-state index contributed by atoms with van der Waals surface area (Å²) >= 11 is 1.63. The lowest BCUT2D eigenvalue weighted by atomic mass is 10.1. The van der Waals surface area contributed by atoms with E-state index in [1.807, 2.05) is 18.4 Å². The van der Waals surface area contributed by atoms with Crippen LogP contribution in [-0.4, -0.2) is 11.0 Å². The second-order valence-corrected chi connectivity index (χ2v) is 5.20. The quantitative estimate of drug-likeness (QED) is 0.343. The summed E-state index contributed by atoms with van der Waals surface area (Å²) in [5.41, 5.74) is 7.20. The van der Waals surface area contributed by atoms with E-state index in [4.69, 9.17) is 10.9 Å². The third kappa shape index (κ3) is 3.15. The zero-order valence-electron chi connectivity index (χ0n) is 11.0. The van der Waals surface area contributed by atoms with Crippen LogP contribution in [0.5, 0.6) is 0 Å². The molecule has 1 aromatic heterocycles. The van der Waals surface area contributed by atoms with Gasteiger partial charge in [-0.05, 0) is 35.4 Å². The second-order valence-electron chi connectivity index (χ2n) is 4.42. The van der Waals surface area contributed by atoms with Crippen molar-refractivity contribution in [2.75, 3.05) is 0 Å². The Morgan fingerprint density at radius 2 is 2.30 bits per heavy atom. The van der Waals surface area contributed by atoms with Gasteiger partial charge in [-0.1, -0.05) is 17.3 Å². The van der Waals surface area contributed by atoms with Crippen molar-refractivity contribution in [3.63, 3.8) is 0 Å². The minimum atomic E-state index is -0.465. The Kier molecular flexibility index (Phi) is 4.70. The maximum absolute atomic E-state index is 14.2. The van der Waals surface area contributed by atoms with Gasteiger partial charge in [0.25, 0.3) is 0 Å². The molecule has 1 atom stereocenters. The number of hydrogen-bond acceptors (Lipinski definition) is 4. The molecule has 0 spiro atoms. The predicted molar refractivity (Wildman–Crippen MR) is 78.5 cm³/mol. The summed E-state index contributed by atoms with van der Waals surface area (Å²) in [5.74, 6) is -0.692. The van der Waals surface area contributed by atoms with Gasteiger partial charge >= 0.3 is 0 Å².